The summed E-state index contributed by atoms with van der Waals surface area (Å²) >= 11 is 0. The molecule has 8 heteroatoms. The second kappa shape index (κ2) is 8.85. The van der Waals surface area contributed by atoms with Gasteiger partial charge in [0.25, 0.3) is 0 Å². The Labute approximate surface area is 177 Å². The number of morpholine rings is 2. The predicted molar refractivity (Wildman–Crippen MR) is 111 cm³/mol. The number of carbonyl (C=O) groups excluding carboxylic acids is 1. The van der Waals surface area contributed by atoms with Gasteiger partial charge >= 0.3 is 0 Å². The third-order valence-corrected chi connectivity index (χ3v) is 7.24. The van der Waals surface area contributed by atoms with Gasteiger partial charge < -0.3 is 14.4 Å². The van der Waals surface area contributed by atoms with Gasteiger partial charge in [-0.05, 0) is 24.6 Å². The molecular formula is C22H26N2O5S. The van der Waals surface area contributed by atoms with Gasteiger partial charge in [-0.2, -0.15) is 4.31 Å². The SMILES string of the molecule is Cc1ccc(S(=O)(=O)N2CC3CN(C(=O)COCc4ccccc4)CC(C2)O3)cc1. The molecule has 1 amide bonds. The summed E-state index contributed by atoms with van der Waals surface area (Å²) in [5, 5.41) is 0. The first-order valence-electron chi connectivity index (χ1n) is 10.0. The molecule has 2 saturated heterocycles. The van der Waals surface area contributed by atoms with Crippen LogP contribution in [0.25, 0.3) is 0 Å². The lowest BCUT2D eigenvalue weighted by Crippen LogP contribution is -2.61. The number of ether oxygens (including phenoxy) is 2. The largest absolute Gasteiger partial charge is 0.369 e. The predicted octanol–water partition coefficient (Wildman–Crippen LogP) is 1.81. The minimum Gasteiger partial charge on any atom is -0.369 e. The van der Waals surface area contributed by atoms with E-state index in [0.717, 1.165) is 11.1 Å². The molecule has 2 aliphatic heterocycles. The highest BCUT2D eigenvalue weighted by Crippen LogP contribution is 2.25. The number of fused-ring (bicyclic) bond motifs is 2. The van der Waals surface area contributed by atoms with Crippen molar-refractivity contribution in [2.45, 2.75) is 30.6 Å². The number of benzene rings is 2. The summed E-state index contributed by atoms with van der Waals surface area (Å²) in [5.41, 5.74) is 2.03. The normalized spacial score (nSPS) is 22.1. The molecule has 0 saturated carbocycles. The van der Waals surface area contributed by atoms with E-state index in [1.165, 1.54) is 4.31 Å². The van der Waals surface area contributed by atoms with E-state index in [4.69, 9.17) is 9.47 Å². The molecule has 2 heterocycles. The topological polar surface area (TPSA) is 76.2 Å². The highest BCUT2D eigenvalue weighted by Gasteiger charge is 2.41. The second-order valence-electron chi connectivity index (χ2n) is 7.79. The molecule has 2 fully saturated rings. The lowest BCUT2D eigenvalue weighted by molar-refractivity contribution is -0.158. The van der Waals surface area contributed by atoms with Gasteiger partial charge in [-0.3, -0.25) is 4.79 Å². The quantitative estimate of drug-likeness (QED) is 0.699. The number of carbonyl (C=O) groups is 1. The van der Waals surface area contributed by atoms with Crippen LogP contribution in [0.2, 0.25) is 0 Å². The average Bonchev–Trinajstić information content (AvgIpc) is 2.74. The molecule has 2 aromatic carbocycles. The Morgan fingerprint density at radius 1 is 1.00 bits per heavy atom. The number of amides is 1. The van der Waals surface area contributed by atoms with Crippen molar-refractivity contribution in [1.82, 2.24) is 9.21 Å². The zero-order valence-corrected chi connectivity index (χ0v) is 17.8. The van der Waals surface area contributed by atoms with Gasteiger partial charge in [-0.15, -0.1) is 0 Å². The van der Waals surface area contributed by atoms with Gasteiger partial charge in [0.15, 0.2) is 0 Å². The van der Waals surface area contributed by atoms with Crippen LogP contribution in [0, 0.1) is 6.92 Å². The Bertz CT molecular complexity index is 964. The van der Waals surface area contributed by atoms with E-state index in [-0.39, 0.29) is 42.7 Å². The van der Waals surface area contributed by atoms with E-state index >= 15 is 0 Å². The molecule has 0 aromatic heterocycles. The standard InChI is InChI=1S/C22H26N2O5S/c1-17-7-9-21(10-8-17)30(26,27)24-13-19-11-23(12-20(14-24)29-19)22(25)16-28-15-18-5-3-2-4-6-18/h2-10,19-20H,11-16H2,1H3. The molecule has 0 N–H and O–H groups in total. The Hall–Kier alpha value is -2.26. The van der Waals surface area contributed by atoms with Crippen LogP contribution in [0.1, 0.15) is 11.1 Å². The highest BCUT2D eigenvalue weighted by atomic mass is 32.2. The summed E-state index contributed by atoms with van der Waals surface area (Å²) in [6, 6.07) is 16.6. The third-order valence-electron chi connectivity index (χ3n) is 5.40. The molecular weight excluding hydrogens is 404 g/mol. The van der Waals surface area contributed by atoms with E-state index in [2.05, 4.69) is 0 Å². The van der Waals surface area contributed by atoms with Crippen LogP contribution in [0.4, 0.5) is 0 Å². The fourth-order valence-corrected chi connectivity index (χ4v) is 5.34. The van der Waals surface area contributed by atoms with E-state index in [0.29, 0.717) is 19.7 Å². The van der Waals surface area contributed by atoms with Crippen molar-refractivity contribution in [2.75, 3.05) is 32.8 Å². The zero-order chi connectivity index (χ0) is 21.1. The van der Waals surface area contributed by atoms with Crippen LogP contribution in [-0.2, 0) is 30.9 Å². The molecule has 0 radical (unpaired) electrons. The fourth-order valence-electron chi connectivity index (χ4n) is 3.84. The summed E-state index contributed by atoms with van der Waals surface area (Å²) < 4.78 is 38.9. The third kappa shape index (κ3) is 4.73. The molecule has 30 heavy (non-hydrogen) atoms. The Morgan fingerprint density at radius 3 is 2.27 bits per heavy atom. The van der Waals surface area contributed by atoms with Crippen LogP contribution in [0.15, 0.2) is 59.5 Å². The molecule has 2 bridgehead atoms. The second-order valence-corrected chi connectivity index (χ2v) is 9.73. The molecule has 2 atom stereocenters. The van der Waals surface area contributed by atoms with Crippen LogP contribution in [-0.4, -0.2) is 68.5 Å². The number of aryl methyl sites for hydroxylation is 1. The van der Waals surface area contributed by atoms with Crippen LogP contribution in [0.5, 0.6) is 0 Å². The van der Waals surface area contributed by atoms with Crippen LogP contribution >= 0.6 is 0 Å². The summed E-state index contributed by atoms with van der Waals surface area (Å²) in [6.45, 7) is 3.51. The maximum absolute atomic E-state index is 13.0. The highest BCUT2D eigenvalue weighted by molar-refractivity contribution is 7.89. The summed E-state index contributed by atoms with van der Waals surface area (Å²) in [5.74, 6) is -0.0981. The van der Waals surface area contributed by atoms with Gasteiger partial charge in [0.05, 0.1) is 23.7 Å². The Balaban J connectivity index is 1.33. The molecule has 0 aliphatic carbocycles. The number of rotatable bonds is 6. The Morgan fingerprint density at radius 2 is 1.63 bits per heavy atom. The first kappa shape index (κ1) is 21.0. The summed E-state index contributed by atoms with van der Waals surface area (Å²) in [4.78, 5) is 14.6. The molecule has 7 nitrogen and oxygen atoms in total. The summed E-state index contributed by atoms with van der Waals surface area (Å²) in [7, 11) is -3.58. The fraction of sp³-hybridized carbons (Fsp3) is 0.409. The van der Waals surface area contributed by atoms with Crippen molar-refractivity contribution < 1.29 is 22.7 Å². The van der Waals surface area contributed by atoms with Crippen molar-refractivity contribution in [1.29, 1.82) is 0 Å². The molecule has 0 spiro atoms. The van der Waals surface area contributed by atoms with Gasteiger partial charge in [0.2, 0.25) is 15.9 Å². The lowest BCUT2D eigenvalue weighted by atomic mass is 10.1. The van der Waals surface area contributed by atoms with Crippen molar-refractivity contribution in [3.63, 3.8) is 0 Å². The monoisotopic (exact) mass is 430 g/mol. The summed E-state index contributed by atoms with van der Waals surface area (Å²) in [6.07, 6.45) is -0.674. The molecule has 4 rings (SSSR count). The maximum atomic E-state index is 13.0. The van der Waals surface area contributed by atoms with E-state index < -0.39 is 10.0 Å². The van der Waals surface area contributed by atoms with Gasteiger partial charge in [-0.1, -0.05) is 48.0 Å². The van der Waals surface area contributed by atoms with E-state index in [9.17, 15) is 13.2 Å². The molecule has 2 unspecified atom stereocenters. The molecule has 2 aliphatic rings. The Kier molecular flexibility index (Phi) is 6.19. The maximum Gasteiger partial charge on any atom is 0.248 e. The van der Waals surface area contributed by atoms with Gasteiger partial charge in [-0.25, -0.2) is 8.42 Å². The first-order chi connectivity index (χ1) is 14.4. The number of nitrogens with zero attached hydrogens (tertiary/aromatic N) is 2. The van der Waals surface area contributed by atoms with Crippen molar-refractivity contribution in [3.05, 3.63) is 65.7 Å². The average molecular weight is 431 g/mol. The zero-order valence-electron chi connectivity index (χ0n) is 16.9. The molecule has 160 valence electrons. The van der Waals surface area contributed by atoms with Crippen LogP contribution in [0.3, 0.4) is 0 Å². The number of hydrogen-bond acceptors (Lipinski definition) is 5. The van der Waals surface area contributed by atoms with E-state index in [1.54, 1.807) is 29.2 Å². The van der Waals surface area contributed by atoms with Gasteiger partial charge in [0.1, 0.15) is 6.61 Å². The van der Waals surface area contributed by atoms with Gasteiger partial charge in [0, 0.05) is 26.2 Å². The van der Waals surface area contributed by atoms with Crippen molar-refractivity contribution in [3.8, 4) is 0 Å². The van der Waals surface area contributed by atoms with Crippen molar-refractivity contribution in [2.24, 2.45) is 0 Å². The first-order valence-corrected chi connectivity index (χ1v) is 11.5. The minimum absolute atomic E-state index is 0.000284. The lowest BCUT2D eigenvalue weighted by Gasteiger charge is -2.45. The van der Waals surface area contributed by atoms with Crippen molar-refractivity contribution >= 4 is 15.9 Å². The number of sulfonamides is 1. The van der Waals surface area contributed by atoms with E-state index in [1.807, 2.05) is 37.3 Å². The molecule has 2 aromatic rings. The minimum atomic E-state index is -3.58. The van der Waals surface area contributed by atoms with Crippen LogP contribution < -0.4 is 0 Å². The smallest absolute Gasteiger partial charge is 0.248 e. The number of hydrogen-bond donors (Lipinski definition) is 0.